The molecule has 0 unspecified atom stereocenters. The molecule has 0 radical (unpaired) electrons. The Labute approximate surface area is 122 Å². The Morgan fingerprint density at radius 3 is 2.90 bits per heavy atom. The van der Waals surface area contributed by atoms with Gasteiger partial charge in [0, 0.05) is 5.02 Å². The van der Waals surface area contributed by atoms with Crippen LogP contribution in [0.2, 0.25) is 5.02 Å². The Bertz CT molecular complexity index is 669. The van der Waals surface area contributed by atoms with Gasteiger partial charge in [0.2, 0.25) is 0 Å². The maximum absolute atomic E-state index is 12.1. The Hall–Kier alpha value is -2.00. The van der Waals surface area contributed by atoms with Crippen LogP contribution >= 0.6 is 11.6 Å². The smallest absolute Gasteiger partial charge is 0.265 e. The Kier molecular flexibility index (Phi) is 3.36. The summed E-state index contributed by atoms with van der Waals surface area (Å²) in [5, 5.41) is 0.594. The van der Waals surface area contributed by atoms with Crippen molar-refractivity contribution in [2.75, 3.05) is 11.5 Å². The number of amides is 1. The average Bonchev–Trinajstić information content (AvgIpc) is 2.42. The molecule has 0 bridgehead atoms. The van der Waals surface area contributed by atoms with Crippen molar-refractivity contribution in [3.63, 3.8) is 0 Å². The summed E-state index contributed by atoms with van der Waals surface area (Å²) in [7, 11) is 0. The first kappa shape index (κ1) is 13.0. The number of halogens is 1. The topological polar surface area (TPSA) is 29.5 Å². The summed E-state index contributed by atoms with van der Waals surface area (Å²) in [5.74, 6) is 0.642. The predicted octanol–water partition coefficient (Wildman–Crippen LogP) is 3.57. The summed E-state index contributed by atoms with van der Waals surface area (Å²) in [6.07, 6.45) is 0. The first-order chi connectivity index (χ1) is 9.63. The summed E-state index contributed by atoms with van der Waals surface area (Å²) < 4.78 is 5.43. The lowest BCUT2D eigenvalue weighted by Crippen LogP contribution is -2.38. The predicted molar refractivity (Wildman–Crippen MR) is 79.3 cm³/mol. The summed E-state index contributed by atoms with van der Waals surface area (Å²) in [6.45, 7) is 2.63. The molecule has 0 spiro atoms. The molecule has 0 N–H and O–H groups in total. The number of hydrogen-bond acceptors (Lipinski definition) is 2. The molecule has 20 heavy (non-hydrogen) atoms. The first-order valence-electron chi connectivity index (χ1n) is 6.42. The summed E-state index contributed by atoms with van der Waals surface area (Å²) in [6, 6.07) is 13.5. The minimum atomic E-state index is -0.0544. The van der Waals surface area contributed by atoms with Crippen molar-refractivity contribution in [2.24, 2.45) is 0 Å². The van der Waals surface area contributed by atoms with E-state index in [2.05, 4.69) is 6.07 Å². The lowest BCUT2D eigenvalue weighted by atomic mass is 10.1. The molecule has 3 nitrogen and oxygen atoms in total. The van der Waals surface area contributed by atoms with E-state index in [9.17, 15) is 4.79 Å². The molecule has 0 fully saturated rings. The number of benzene rings is 2. The third kappa shape index (κ3) is 2.49. The molecule has 0 saturated heterocycles. The van der Waals surface area contributed by atoms with E-state index in [1.807, 2.05) is 25.1 Å². The van der Waals surface area contributed by atoms with E-state index < -0.39 is 0 Å². The van der Waals surface area contributed by atoms with E-state index in [0.29, 0.717) is 17.3 Å². The molecule has 1 heterocycles. The highest BCUT2D eigenvalue weighted by Crippen LogP contribution is 2.35. The zero-order valence-corrected chi connectivity index (χ0v) is 11.9. The Morgan fingerprint density at radius 2 is 2.10 bits per heavy atom. The lowest BCUT2D eigenvalue weighted by Gasteiger charge is -2.29. The van der Waals surface area contributed by atoms with Gasteiger partial charge in [-0.1, -0.05) is 41.4 Å². The van der Waals surface area contributed by atoms with Crippen molar-refractivity contribution in [1.82, 2.24) is 0 Å². The molecule has 102 valence electrons. The van der Waals surface area contributed by atoms with E-state index in [4.69, 9.17) is 16.3 Å². The van der Waals surface area contributed by atoms with Crippen molar-refractivity contribution in [3.8, 4) is 5.75 Å². The lowest BCUT2D eigenvalue weighted by molar-refractivity contribution is -0.121. The van der Waals surface area contributed by atoms with Crippen LogP contribution in [0.1, 0.15) is 11.1 Å². The zero-order chi connectivity index (χ0) is 14.1. The number of hydrogen-bond donors (Lipinski definition) is 0. The van der Waals surface area contributed by atoms with Gasteiger partial charge >= 0.3 is 0 Å². The quantitative estimate of drug-likeness (QED) is 0.845. The van der Waals surface area contributed by atoms with Crippen molar-refractivity contribution in [2.45, 2.75) is 13.5 Å². The molecular formula is C16H14ClNO2. The van der Waals surface area contributed by atoms with E-state index >= 15 is 0 Å². The fourth-order valence-corrected chi connectivity index (χ4v) is 2.51. The fraction of sp³-hybridized carbons (Fsp3) is 0.188. The monoisotopic (exact) mass is 287 g/mol. The van der Waals surface area contributed by atoms with Crippen molar-refractivity contribution in [1.29, 1.82) is 0 Å². The van der Waals surface area contributed by atoms with Crippen LogP contribution in [0.4, 0.5) is 5.69 Å². The molecule has 0 atom stereocenters. The highest BCUT2D eigenvalue weighted by Gasteiger charge is 2.25. The minimum absolute atomic E-state index is 0.0544. The second-order valence-electron chi connectivity index (χ2n) is 4.87. The number of aryl methyl sites for hydroxylation is 1. The highest BCUT2D eigenvalue weighted by molar-refractivity contribution is 6.31. The third-order valence-corrected chi connectivity index (χ3v) is 3.52. The number of carbonyl (C=O) groups excluding carboxylic acids is 1. The zero-order valence-electron chi connectivity index (χ0n) is 11.1. The molecule has 2 aromatic rings. The molecule has 0 aromatic heterocycles. The minimum Gasteiger partial charge on any atom is -0.482 e. The largest absolute Gasteiger partial charge is 0.482 e. The number of carbonyl (C=O) groups is 1. The SMILES string of the molecule is Cc1cccc(CN2C(=O)COc3ccc(Cl)cc32)c1. The van der Waals surface area contributed by atoms with Crippen LogP contribution in [0.15, 0.2) is 42.5 Å². The molecule has 0 aliphatic carbocycles. The van der Waals surface area contributed by atoms with E-state index in [1.165, 1.54) is 5.56 Å². The molecule has 4 heteroatoms. The van der Waals surface area contributed by atoms with Crippen molar-refractivity contribution in [3.05, 3.63) is 58.6 Å². The van der Waals surface area contributed by atoms with Gasteiger partial charge in [0.05, 0.1) is 12.2 Å². The van der Waals surface area contributed by atoms with Crippen LogP contribution < -0.4 is 9.64 Å². The van der Waals surface area contributed by atoms with Gasteiger partial charge in [-0.2, -0.15) is 0 Å². The fourth-order valence-electron chi connectivity index (χ4n) is 2.34. The summed E-state index contributed by atoms with van der Waals surface area (Å²) in [4.78, 5) is 13.8. The highest BCUT2D eigenvalue weighted by atomic mass is 35.5. The Balaban J connectivity index is 1.97. The number of ether oxygens (including phenoxy) is 1. The molecule has 1 amide bonds. The molecule has 0 saturated carbocycles. The van der Waals surface area contributed by atoms with Crippen molar-refractivity contribution >= 4 is 23.2 Å². The van der Waals surface area contributed by atoms with Gasteiger partial charge < -0.3 is 9.64 Å². The van der Waals surface area contributed by atoms with Crippen LogP contribution in [-0.4, -0.2) is 12.5 Å². The number of fused-ring (bicyclic) bond motifs is 1. The van der Waals surface area contributed by atoms with Crippen LogP contribution in [0, 0.1) is 6.92 Å². The van der Waals surface area contributed by atoms with E-state index in [1.54, 1.807) is 23.1 Å². The maximum atomic E-state index is 12.1. The van der Waals surface area contributed by atoms with Crippen LogP contribution in [0.3, 0.4) is 0 Å². The van der Waals surface area contributed by atoms with E-state index in [0.717, 1.165) is 11.3 Å². The summed E-state index contributed by atoms with van der Waals surface area (Å²) >= 11 is 6.02. The van der Waals surface area contributed by atoms with Gasteiger partial charge in [0.1, 0.15) is 5.75 Å². The molecule has 1 aliphatic rings. The van der Waals surface area contributed by atoms with Crippen LogP contribution in [0.25, 0.3) is 0 Å². The standard InChI is InChI=1S/C16H14ClNO2/c1-11-3-2-4-12(7-11)9-18-14-8-13(17)5-6-15(14)20-10-16(18)19/h2-8H,9-10H2,1H3. The average molecular weight is 288 g/mol. The Morgan fingerprint density at radius 1 is 1.25 bits per heavy atom. The molecule has 1 aliphatic heterocycles. The van der Waals surface area contributed by atoms with Gasteiger partial charge in [-0.25, -0.2) is 0 Å². The first-order valence-corrected chi connectivity index (χ1v) is 6.79. The second-order valence-corrected chi connectivity index (χ2v) is 5.31. The normalized spacial score (nSPS) is 13.9. The second kappa shape index (κ2) is 5.17. The van der Waals surface area contributed by atoms with Gasteiger partial charge in [0.15, 0.2) is 6.61 Å². The molecular weight excluding hydrogens is 274 g/mol. The molecule has 3 rings (SSSR count). The number of nitrogens with zero attached hydrogens (tertiary/aromatic N) is 1. The van der Waals surface area contributed by atoms with Gasteiger partial charge in [-0.3, -0.25) is 4.79 Å². The number of rotatable bonds is 2. The van der Waals surface area contributed by atoms with Gasteiger partial charge in [-0.05, 0) is 30.7 Å². The van der Waals surface area contributed by atoms with Crippen molar-refractivity contribution < 1.29 is 9.53 Å². The third-order valence-electron chi connectivity index (χ3n) is 3.29. The van der Waals surface area contributed by atoms with Crippen LogP contribution in [-0.2, 0) is 11.3 Å². The summed E-state index contributed by atoms with van der Waals surface area (Å²) in [5.41, 5.74) is 3.00. The maximum Gasteiger partial charge on any atom is 0.265 e. The van der Waals surface area contributed by atoms with Gasteiger partial charge in [-0.15, -0.1) is 0 Å². The van der Waals surface area contributed by atoms with Crippen LogP contribution in [0.5, 0.6) is 5.75 Å². The molecule has 2 aromatic carbocycles. The van der Waals surface area contributed by atoms with Gasteiger partial charge in [0.25, 0.3) is 5.91 Å². The number of anilines is 1. The van der Waals surface area contributed by atoms with E-state index in [-0.39, 0.29) is 12.5 Å².